The average molecular weight is 340 g/mol. The largest absolute Gasteiger partial charge is 0.354 e. The van der Waals surface area contributed by atoms with Crippen molar-refractivity contribution in [3.63, 3.8) is 0 Å². The van der Waals surface area contributed by atoms with Crippen LogP contribution in [0.2, 0.25) is 0 Å². The molecule has 0 unspecified atom stereocenters. The predicted molar refractivity (Wildman–Crippen MR) is 92.4 cm³/mol. The van der Waals surface area contributed by atoms with E-state index in [1.54, 1.807) is 12.1 Å². The van der Waals surface area contributed by atoms with Crippen LogP contribution >= 0.6 is 0 Å². The number of nitrogens with one attached hydrogen (secondary N) is 1. The zero-order valence-electron chi connectivity index (χ0n) is 14.2. The lowest BCUT2D eigenvalue weighted by Gasteiger charge is -2.14. The molecule has 0 saturated heterocycles. The molecular formula is C17H28N2O3S. The second-order valence-corrected chi connectivity index (χ2v) is 8.04. The van der Waals surface area contributed by atoms with E-state index in [1.165, 1.54) is 18.6 Å². The highest BCUT2D eigenvalue weighted by molar-refractivity contribution is 7.89. The molecule has 1 aromatic rings. The summed E-state index contributed by atoms with van der Waals surface area (Å²) in [7, 11) is -3.66. The molecule has 0 saturated carbocycles. The number of carbonyl (C=O) groups excluding carboxylic acids is 1. The van der Waals surface area contributed by atoms with Gasteiger partial charge >= 0.3 is 0 Å². The summed E-state index contributed by atoms with van der Waals surface area (Å²) in [5.74, 6) is 0.718. The number of nitrogens with two attached hydrogens (primary N) is 1. The van der Waals surface area contributed by atoms with E-state index in [9.17, 15) is 13.2 Å². The number of sulfonamides is 1. The average Bonchev–Trinajstić information content (AvgIpc) is 2.44. The van der Waals surface area contributed by atoms with Crippen molar-refractivity contribution < 1.29 is 13.2 Å². The van der Waals surface area contributed by atoms with E-state index >= 15 is 0 Å². The van der Waals surface area contributed by atoms with Gasteiger partial charge in [0.1, 0.15) is 0 Å². The Balaban J connectivity index is 2.35. The molecule has 1 atom stereocenters. The Morgan fingerprint density at radius 1 is 1.13 bits per heavy atom. The minimum atomic E-state index is -3.66. The maximum absolute atomic E-state index is 11.9. The monoisotopic (exact) mass is 340 g/mol. The number of amides is 1. The lowest BCUT2D eigenvalue weighted by atomic mass is 10.0. The molecule has 0 heterocycles. The molecule has 130 valence electrons. The Kier molecular flexibility index (Phi) is 7.72. The molecule has 23 heavy (non-hydrogen) atoms. The fraction of sp³-hybridized carbons (Fsp3) is 0.588. The first kappa shape index (κ1) is 19.6. The van der Waals surface area contributed by atoms with Crippen molar-refractivity contribution in [2.45, 2.75) is 63.8 Å². The van der Waals surface area contributed by atoms with Crippen LogP contribution in [-0.4, -0.2) is 20.4 Å². The van der Waals surface area contributed by atoms with Gasteiger partial charge in [0.05, 0.1) is 4.90 Å². The predicted octanol–water partition coefficient (Wildman–Crippen LogP) is 2.60. The van der Waals surface area contributed by atoms with Gasteiger partial charge in [0.15, 0.2) is 0 Å². The van der Waals surface area contributed by atoms with E-state index in [0.717, 1.165) is 18.4 Å². The van der Waals surface area contributed by atoms with Gasteiger partial charge in [-0.25, -0.2) is 13.6 Å². The van der Waals surface area contributed by atoms with Gasteiger partial charge in [-0.3, -0.25) is 4.79 Å². The van der Waals surface area contributed by atoms with Gasteiger partial charge in [-0.1, -0.05) is 38.8 Å². The number of hydrogen-bond acceptors (Lipinski definition) is 3. The number of hydrogen-bond donors (Lipinski definition) is 2. The van der Waals surface area contributed by atoms with Gasteiger partial charge in [0.25, 0.3) is 0 Å². The minimum Gasteiger partial charge on any atom is -0.354 e. The molecule has 5 nitrogen and oxygen atoms in total. The number of rotatable bonds is 9. The third-order valence-corrected chi connectivity index (χ3v) is 4.65. The first-order valence-electron chi connectivity index (χ1n) is 8.09. The van der Waals surface area contributed by atoms with Crippen LogP contribution in [0.25, 0.3) is 0 Å². The second kappa shape index (κ2) is 9.03. The van der Waals surface area contributed by atoms with Crippen molar-refractivity contribution in [2.24, 2.45) is 11.1 Å². The molecule has 0 aromatic heterocycles. The Morgan fingerprint density at radius 2 is 1.74 bits per heavy atom. The topological polar surface area (TPSA) is 89.3 Å². The first-order chi connectivity index (χ1) is 10.7. The third-order valence-electron chi connectivity index (χ3n) is 3.72. The molecule has 0 aliphatic carbocycles. The Bertz CT molecular complexity index is 595. The molecule has 0 bridgehead atoms. The summed E-state index contributed by atoms with van der Waals surface area (Å²) in [4.78, 5) is 12.0. The molecular weight excluding hydrogens is 312 g/mol. The van der Waals surface area contributed by atoms with Crippen LogP contribution in [0.5, 0.6) is 0 Å². The molecule has 0 aliphatic heterocycles. The quantitative estimate of drug-likeness (QED) is 0.724. The highest BCUT2D eigenvalue weighted by Gasteiger charge is 2.09. The van der Waals surface area contributed by atoms with Gasteiger partial charge in [0, 0.05) is 12.5 Å². The van der Waals surface area contributed by atoms with Crippen LogP contribution in [0.3, 0.4) is 0 Å². The fourth-order valence-corrected chi connectivity index (χ4v) is 2.87. The number of benzene rings is 1. The van der Waals surface area contributed by atoms with Crippen molar-refractivity contribution in [1.82, 2.24) is 5.32 Å². The zero-order valence-corrected chi connectivity index (χ0v) is 15.0. The van der Waals surface area contributed by atoms with Crippen molar-refractivity contribution in [3.8, 4) is 0 Å². The maximum atomic E-state index is 11.9. The smallest absolute Gasteiger partial charge is 0.238 e. The van der Waals surface area contributed by atoms with Crippen molar-refractivity contribution in [1.29, 1.82) is 0 Å². The van der Waals surface area contributed by atoms with Crippen LogP contribution in [0.4, 0.5) is 0 Å². The van der Waals surface area contributed by atoms with Crippen molar-refractivity contribution in [3.05, 3.63) is 29.8 Å². The second-order valence-electron chi connectivity index (χ2n) is 6.48. The summed E-state index contributed by atoms with van der Waals surface area (Å²) in [6.45, 7) is 6.42. The number of carbonyl (C=O) groups is 1. The summed E-state index contributed by atoms with van der Waals surface area (Å²) in [5, 5.41) is 8.06. The van der Waals surface area contributed by atoms with Gasteiger partial charge < -0.3 is 5.32 Å². The summed E-state index contributed by atoms with van der Waals surface area (Å²) >= 11 is 0. The normalized spacial score (nSPS) is 13.1. The first-order valence-corrected chi connectivity index (χ1v) is 9.64. The number of aryl methyl sites for hydroxylation is 1. The van der Waals surface area contributed by atoms with Crippen LogP contribution in [-0.2, 0) is 21.2 Å². The molecule has 0 aliphatic rings. The van der Waals surface area contributed by atoms with E-state index in [1.807, 2.05) is 6.92 Å². The van der Waals surface area contributed by atoms with E-state index < -0.39 is 10.0 Å². The SMILES string of the molecule is CC(C)CCC[C@H](C)NC(=O)CCc1ccc(S(N)(=O)=O)cc1. The Hall–Kier alpha value is -1.40. The van der Waals surface area contributed by atoms with E-state index in [4.69, 9.17) is 5.14 Å². The lowest BCUT2D eigenvalue weighted by molar-refractivity contribution is -0.121. The number of primary sulfonamides is 1. The highest BCUT2D eigenvalue weighted by Crippen LogP contribution is 2.11. The molecule has 3 N–H and O–H groups in total. The Morgan fingerprint density at radius 3 is 2.26 bits per heavy atom. The van der Waals surface area contributed by atoms with Gasteiger partial charge in [-0.2, -0.15) is 0 Å². The summed E-state index contributed by atoms with van der Waals surface area (Å²) < 4.78 is 22.3. The van der Waals surface area contributed by atoms with Crippen LogP contribution in [0.15, 0.2) is 29.2 Å². The molecule has 1 amide bonds. The van der Waals surface area contributed by atoms with Crippen LogP contribution in [0, 0.1) is 5.92 Å². The standard InChI is InChI=1S/C17H28N2O3S/c1-13(2)5-4-6-14(3)19-17(20)12-9-15-7-10-16(11-8-15)23(18,21)22/h7-8,10-11,13-14H,4-6,9,12H2,1-3H3,(H,19,20)(H2,18,21,22)/t14-/m0/s1. The van der Waals surface area contributed by atoms with Crippen molar-refractivity contribution >= 4 is 15.9 Å². The molecule has 1 aromatic carbocycles. The Labute approximate surface area is 139 Å². The van der Waals surface area contributed by atoms with E-state index in [2.05, 4.69) is 19.2 Å². The summed E-state index contributed by atoms with van der Waals surface area (Å²) in [5.41, 5.74) is 0.917. The van der Waals surface area contributed by atoms with Gasteiger partial charge in [-0.15, -0.1) is 0 Å². The summed E-state index contributed by atoms with van der Waals surface area (Å²) in [6.07, 6.45) is 4.26. The van der Waals surface area contributed by atoms with Crippen LogP contribution < -0.4 is 10.5 Å². The van der Waals surface area contributed by atoms with Gasteiger partial charge in [0.2, 0.25) is 15.9 Å². The highest BCUT2D eigenvalue weighted by atomic mass is 32.2. The van der Waals surface area contributed by atoms with Crippen molar-refractivity contribution in [2.75, 3.05) is 0 Å². The third kappa shape index (κ3) is 8.13. The molecule has 0 spiro atoms. The minimum absolute atomic E-state index is 0.0255. The molecule has 0 fully saturated rings. The summed E-state index contributed by atoms with van der Waals surface area (Å²) in [6, 6.07) is 6.51. The molecule has 0 radical (unpaired) electrons. The zero-order chi connectivity index (χ0) is 17.5. The maximum Gasteiger partial charge on any atom is 0.238 e. The fourth-order valence-electron chi connectivity index (χ4n) is 2.36. The van der Waals surface area contributed by atoms with Crippen LogP contribution in [0.1, 0.15) is 52.0 Å². The van der Waals surface area contributed by atoms with E-state index in [0.29, 0.717) is 18.8 Å². The van der Waals surface area contributed by atoms with E-state index in [-0.39, 0.29) is 16.8 Å². The molecule has 1 rings (SSSR count). The molecule has 6 heteroatoms. The lowest BCUT2D eigenvalue weighted by Crippen LogP contribution is -2.32. The van der Waals surface area contributed by atoms with Gasteiger partial charge in [-0.05, 0) is 43.4 Å².